The molecule has 2 N–H and O–H groups in total. The van der Waals surface area contributed by atoms with Crippen molar-refractivity contribution < 1.29 is 23.5 Å². The number of fused-ring (bicyclic) bond motifs is 3. The zero-order valence-corrected chi connectivity index (χ0v) is 41.3. The molecule has 4 aliphatic heterocycles. The standard InChI is InChI=1S/C55H60F2N8O3.C2H7N/c1-60-33-41(32-58-60)47-30-40-8-5-22-64(51(40)31-48(47)54(56)57)55-49-34-61(35-66)23-21-50(49)65(59-55)43-19-26-63(27-20-43)52(68)28-36-17-24-62(25-18-36)42-12-9-38(10-13-42)53-45(37-6-3-2-4-7-37)15-11-39-29-44(67)14-16-46(39)53;1-3-2/h2-4,6-7,9-10,12-14,16,29-33,35-36,43,45,53-54,67H,5,8,11,15,17-28,34H2,1H3;3H,1-2H3. The molecule has 2 aromatic heterocycles. The van der Waals surface area contributed by atoms with Crippen molar-refractivity contribution in [3.8, 4) is 16.9 Å². The highest BCUT2D eigenvalue weighted by Gasteiger charge is 2.36. The van der Waals surface area contributed by atoms with Gasteiger partial charge in [-0.3, -0.25) is 19.0 Å². The van der Waals surface area contributed by atoms with Crippen LogP contribution in [0.15, 0.2) is 97.3 Å². The van der Waals surface area contributed by atoms with Crippen LogP contribution < -0.4 is 15.1 Å². The summed E-state index contributed by atoms with van der Waals surface area (Å²) >= 11 is 0. The van der Waals surface area contributed by atoms with Crippen LogP contribution >= 0.6 is 0 Å². The summed E-state index contributed by atoms with van der Waals surface area (Å²) in [7, 11) is 5.54. The summed E-state index contributed by atoms with van der Waals surface area (Å²) in [5, 5.41) is 22.6. The fourth-order valence-corrected chi connectivity index (χ4v) is 12.2. The Balaban J connectivity index is 0.00000189. The summed E-state index contributed by atoms with van der Waals surface area (Å²) in [4.78, 5) is 34.3. The SMILES string of the molecule is CNC.Cn1cc(-c2cc3c(cc2C(F)F)N(c2nn(C4CCN(C(=O)CC5CCN(c6ccc(C7c8ccc(O)cc8CCC7c7ccccc7)cc6)CC5)CC4)c4c2CN(C=O)CC4)CCC3)cn1. The molecule has 6 heterocycles. The molecule has 2 fully saturated rings. The Morgan fingerprint density at radius 2 is 1.61 bits per heavy atom. The molecule has 2 atom stereocenters. The van der Waals surface area contributed by atoms with E-state index >= 15 is 0 Å². The van der Waals surface area contributed by atoms with Gasteiger partial charge in [0.2, 0.25) is 12.3 Å². The number of halogens is 2. The Morgan fingerprint density at radius 3 is 2.31 bits per heavy atom. The lowest BCUT2D eigenvalue weighted by Crippen LogP contribution is -2.41. The highest BCUT2D eigenvalue weighted by molar-refractivity contribution is 5.78. The van der Waals surface area contributed by atoms with Gasteiger partial charge in [0.25, 0.3) is 6.43 Å². The number of anilines is 3. The Kier molecular flexibility index (Phi) is 14.3. The summed E-state index contributed by atoms with van der Waals surface area (Å²) in [6.45, 7) is 4.83. The number of alkyl halides is 2. The third kappa shape index (κ3) is 9.92. The number of nitrogens with zero attached hydrogens (tertiary/aromatic N) is 8. The topological polar surface area (TPSA) is 115 Å². The molecule has 71 heavy (non-hydrogen) atoms. The lowest BCUT2D eigenvalue weighted by Gasteiger charge is -2.37. The van der Waals surface area contributed by atoms with Crippen molar-refractivity contribution in [1.29, 1.82) is 0 Å². The van der Waals surface area contributed by atoms with Crippen LogP contribution in [0.3, 0.4) is 0 Å². The Labute approximate surface area is 416 Å². The molecule has 2 unspecified atom stereocenters. The van der Waals surface area contributed by atoms with Gasteiger partial charge in [0, 0.05) is 105 Å². The Hall–Kier alpha value is -6.54. The van der Waals surface area contributed by atoms with E-state index in [2.05, 4.69) is 85.6 Å². The minimum Gasteiger partial charge on any atom is -0.508 e. The molecular weight excluding hydrogens is 897 g/mol. The Bertz CT molecular complexity index is 2810. The van der Waals surface area contributed by atoms with E-state index in [0.29, 0.717) is 74.3 Å². The number of piperidine rings is 2. The molecule has 6 aromatic rings. The maximum Gasteiger partial charge on any atom is 0.264 e. The van der Waals surface area contributed by atoms with Gasteiger partial charge in [-0.25, -0.2) is 8.78 Å². The van der Waals surface area contributed by atoms with E-state index in [-0.39, 0.29) is 23.4 Å². The van der Waals surface area contributed by atoms with Gasteiger partial charge < -0.3 is 30.0 Å². The first kappa shape index (κ1) is 48.1. The molecule has 11 rings (SSSR count). The summed E-state index contributed by atoms with van der Waals surface area (Å²) in [5.41, 5.74) is 11.4. The first-order valence-corrected chi connectivity index (χ1v) is 25.7. The van der Waals surface area contributed by atoms with Crippen LogP contribution in [0.1, 0.15) is 114 Å². The average Bonchev–Trinajstić information content (AvgIpc) is 4.01. The number of carbonyl (C=O) groups excluding carboxylic acids is 2. The monoisotopic (exact) mass is 964 g/mol. The van der Waals surface area contributed by atoms with Crippen LogP contribution in [0, 0.1) is 5.92 Å². The van der Waals surface area contributed by atoms with Crippen molar-refractivity contribution >= 4 is 29.5 Å². The molecule has 372 valence electrons. The smallest absolute Gasteiger partial charge is 0.264 e. The number of rotatable bonds is 10. The van der Waals surface area contributed by atoms with Crippen molar-refractivity contribution in [3.05, 3.63) is 142 Å². The maximum atomic E-state index is 14.7. The van der Waals surface area contributed by atoms with Crippen LogP contribution in [0.25, 0.3) is 11.1 Å². The Morgan fingerprint density at radius 1 is 0.845 bits per heavy atom. The van der Waals surface area contributed by atoms with Crippen LogP contribution in [0.4, 0.5) is 26.0 Å². The molecule has 2 amide bonds. The number of aromatic hydroxyl groups is 1. The summed E-state index contributed by atoms with van der Waals surface area (Å²) in [6.07, 6.45) is 9.99. The van der Waals surface area contributed by atoms with E-state index in [4.69, 9.17) is 5.10 Å². The van der Waals surface area contributed by atoms with Crippen molar-refractivity contribution in [3.63, 3.8) is 0 Å². The lowest BCUT2D eigenvalue weighted by atomic mass is 9.69. The largest absolute Gasteiger partial charge is 0.508 e. The summed E-state index contributed by atoms with van der Waals surface area (Å²) in [6, 6.07) is 29.5. The molecule has 0 radical (unpaired) electrons. The molecule has 5 aliphatic rings. The van der Waals surface area contributed by atoms with Gasteiger partial charge in [-0.15, -0.1) is 0 Å². The number of amides is 2. The molecule has 14 heteroatoms. The molecule has 12 nitrogen and oxygen atoms in total. The maximum absolute atomic E-state index is 14.7. The highest BCUT2D eigenvalue weighted by Crippen LogP contribution is 2.48. The van der Waals surface area contributed by atoms with Gasteiger partial charge in [-0.2, -0.15) is 10.2 Å². The van der Waals surface area contributed by atoms with Gasteiger partial charge in [-0.1, -0.05) is 48.5 Å². The molecular formula is C57H67F2N9O3. The molecule has 4 aromatic carbocycles. The van der Waals surface area contributed by atoms with Crippen molar-refractivity contribution in [2.24, 2.45) is 13.0 Å². The normalized spacial score (nSPS) is 19.5. The summed E-state index contributed by atoms with van der Waals surface area (Å²) < 4.78 is 33.3. The fraction of sp³-hybridized carbons (Fsp3) is 0.439. The lowest BCUT2D eigenvalue weighted by molar-refractivity contribution is -0.133. The molecule has 0 saturated carbocycles. The summed E-state index contributed by atoms with van der Waals surface area (Å²) in [5.74, 6) is 2.23. The second-order valence-electron chi connectivity index (χ2n) is 20.3. The van der Waals surface area contributed by atoms with E-state index in [1.54, 1.807) is 35.1 Å². The number of benzene rings is 4. The predicted octanol–water partition coefficient (Wildman–Crippen LogP) is 9.69. The molecule has 2 saturated heterocycles. The fourth-order valence-electron chi connectivity index (χ4n) is 12.2. The van der Waals surface area contributed by atoms with Crippen LogP contribution in [-0.4, -0.2) is 100 Å². The van der Waals surface area contributed by atoms with E-state index in [0.717, 1.165) is 99.2 Å². The van der Waals surface area contributed by atoms with Crippen LogP contribution in [-0.2, 0) is 42.4 Å². The van der Waals surface area contributed by atoms with Crippen LogP contribution in [0.5, 0.6) is 5.75 Å². The number of hydrogen-bond acceptors (Lipinski definition) is 8. The van der Waals surface area contributed by atoms with Crippen LogP contribution in [0.2, 0.25) is 0 Å². The van der Waals surface area contributed by atoms with Crippen molar-refractivity contribution in [2.45, 2.75) is 95.1 Å². The van der Waals surface area contributed by atoms with E-state index in [1.165, 1.54) is 27.9 Å². The molecule has 0 bridgehead atoms. The van der Waals surface area contributed by atoms with Crippen molar-refractivity contribution in [2.75, 3.05) is 63.2 Å². The number of carbonyl (C=O) groups is 2. The zero-order valence-electron chi connectivity index (χ0n) is 41.3. The quantitative estimate of drug-likeness (QED) is 0.131. The van der Waals surface area contributed by atoms with E-state index < -0.39 is 6.43 Å². The number of nitrogens with one attached hydrogen (secondary N) is 1. The number of phenols is 1. The van der Waals surface area contributed by atoms with Gasteiger partial charge in [0.05, 0.1) is 18.8 Å². The van der Waals surface area contributed by atoms with E-state index in [1.807, 2.05) is 37.2 Å². The first-order chi connectivity index (χ1) is 34.6. The molecule has 0 spiro atoms. The number of aryl methyl sites for hydroxylation is 3. The zero-order chi connectivity index (χ0) is 49.2. The third-order valence-corrected chi connectivity index (χ3v) is 15.8. The van der Waals surface area contributed by atoms with E-state index in [9.17, 15) is 23.5 Å². The van der Waals surface area contributed by atoms with Gasteiger partial charge in [0.1, 0.15) is 5.75 Å². The number of hydrogen-bond donors (Lipinski definition) is 2. The minimum absolute atomic E-state index is 0.0258. The highest BCUT2D eigenvalue weighted by atomic mass is 19.3. The third-order valence-electron chi connectivity index (χ3n) is 15.8. The molecule has 1 aliphatic carbocycles. The second-order valence-corrected chi connectivity index (χ2v) is 20.3. The number of aromatic nitrogens is 4. The predicted molar refractivity (Wildman–Crippen MR) is 275 cm³/mol. The first-order valence-electron chi connectivity index (χ1n) is 25.7. The van der Waals surface area contributed by atoms with Gasteiger partial charge in [0.15, 0.2) is 5.82 Å². The van der Waals surface area contributed by atoms with Crippen molar-refractivity contribution in [1.82, 2.24) is 34.7 Å². The van der Waals surface area contributed by atoms with Gasteiger partial charge in [-0.05, 0) is 147 Å². The van der Waals surface area contributed by atoms with Gasteiger partial charge >= 0.3 is 0 Å². The minimum atomic E-state index is -2.67. The number of phenolic OH excluding ortho intramolecular Hbond substituents is 1. The number of likely N-dealkylation sites (tertiary alicyclic amines) is 1. The average molecular weight is 964 g/mol. The second kappa shape index (κ2) is 21.0.